The minimum Gasteiger partial charge on any atom is -0.392 e. The molecule has 0 aromatic carbocycles. The van der Waals surface area contributed by atoms with Gasteiger partial charge >= 0.3 is 0 Å². The predicted molar refractivity (Wildman–Crippen MR) is 112 cm³/mol. The second-order valence-electron chi connectivity index (χ2n) is 9.45. The highest BCUT2D eigenvalue weighted by molar-refractivity contribution is 5.78. The van der Waals surface area contributed by atoms with Crippen molar-refractivity contribution >= 4 is 11.8 Å². The standard InChI is InChI=1S/C23H35N3O3/c1-14(22(29)25-13-17-6-5-11-24-12-17)18-7-9-23(4)10-8-19(26-16(3)27)15(2)20(23)21(18)28/h5-6,11-12,14-15,18-21,28H,7-10,13H2,1-4H3,(H,25,29)(H,26,27)/t14-,15-,18+,19-,20+,21-,23+/m0/s1. The first kappa shape index (κ1) is 21.8. The molecule has 0 spiro atoms. The Bertz CT molecular complexity index is 725. The van der Waals surface area contributed by atoms with Crippen LogP contribution < -0.4 is 10.6 Å². The monoisotopic (exact) mass is 401 g/mol. The molecular weight excluding hydrogens is 366 g/mol. The van der Waals surface area contributed by atoms with E-state index < -0.39 is 6.10 Å². The van der Waals surface area contributed by atoms with Crippen molar-refractivity contribution in [2.75, 3.05) is 0 Å². The second kappa shape index (κ2) is 8.82. The summed E-state index contributed by atoms with van der Waals surface area (Å²) in [7, 11) is 0. The number of amides is 2. The van der Waals surface area contributed by atoms with Crippen molar-refractivity contribution in [3.8, 4) is 0 Å². The third-order valence-corrected chi connectivity index (χ3v) is 7.52. The van der Waals surface area contributed by atoms with Gasteiger partial charge in [-0.05, 0) is 60.5 Å². The number of hydrogen-bond acceptors (Lipinski definition) is 4. The molecule has 0 bridgehead atoms. The molecule has 1 heterocycles. The summed E-state index contributed by atoms with van der Waals surface area (Å²) in [5.74, 6) is -0.111. The average molecular weight is 402 g/mol. The van der Waals surface area contributed by atoms with E-state index in [1.54, 1.807) is 19.3 Å². The Morgan fingerprint density at radius 1 is 1.34 bits per heavy atom. The van der Waals surface area contributed by atoms with Crippen LogP contribution >= 0.6 is 0 Å². The maximum Gasteiger partial charge on any atom is 0.223 e. The molecule has 7 atom stereocenters. The van der Waals surface area contributed by atoms with Crippen molar-refractivity contribution in [3.05, 3.63) is 30.1 Å². The summed E-state index contributed by atoms with van der Waals surface area (Å²) >= 11 is 0. The molecule has 0 aliphatic heterocycles. The molecule has 1 aromatic rings. The quantitative estimate of drug-likeness (QED) is 0.707. The molecule has 2 saturated carbocycles. The van der Waals surface area contributed by atoms with Crippen LogP contribution in [0.1, 0.15) is 58.9 Å². The number of nitrogens with one attached hydrogen (secondary N) is 2. The molecule has 3 N–H and O–H groups in total. The molecule has 6 nitrogen and oxygen atoms in total. The third-order valence-electron chi connectivity index (χ3n) is 7.52. The number of carbonyl (C=O) groups excluding carboxylic acids is 2. The van der Waals surface area contributed by atoms with E-state index in [9.17, 15) is 14.7 Å². The van der Waals surface area contributed by atoms with E-state index in [0.717, 1.165) is 31.2 Å². The van der Waals surface area contributed by atoms with Crippen LogP contribution in [0.25, 0.3) is 0 Å². The minimum atomic E-state index is -0.542. The van der Waals surface area contributed by atoms with Crippen LogP contribution in [-0.2, 0) is 16.1 Å². The molecule has 1 aromatic heterocycles. The lowest BCUT2D eigenvalue weighted by Crippen LogP contribution is -2.58. The molecule has 2 fully saturated rings. The number of aliphatic hydroxyl groups excluding tert-OH is 1. The Kier molecular flexibility index (Phi) is 6.62. The number of pyridine rings is 1. The number of nitrogens with zero attached hydrogens (tertiary/aromatic N) is 1. The summed E-state index contributed by atoms with van der Waals surface area (Å²) in [6, 6.07) is 3.88. The van der Waals surface area contributed by atoms with Gasteiger partial charge in [-0.2, -0.15) is 0 Å². The summed E-state index contributed by atoms with van der Waals surface area (Å²) in [6.07, 6.45) is 6.73. The fraction of sp³-hybridized carbons (Fsp3) is 0.696. The van der Waals surface area contributed by atoms with E-state index in [-0.39, 0.29) is 46.9 Å². The van der Waals surface area contributed by atoms with Gasteiger partial charge in [0.1, 0.15) is 0 Å². The van der Waals surface area contributed by atoms with E-state index in [4.69, 9.17) is 0 Å². The largest absolute Gasteiger partial charge is 0.392 e. The van der Waals surface area contributed by atoms with Crippen LogP contribution in [0.3, 0.4) is 0 Å². The van der Waals surface area contributed by atoms with Crippen molar-refractivity contribution in [2.45, 2.75) is 72.1 Å². The highest BCUT2D eigenvalue weighted by atomic mass is 16.3. The van der Waals surface area contributed by atoms with Gasteiger partial charge < -0.3 is 15.7 Å². The first-order chi connectivity index (χ1) is 13.7. The zero-order chi connectivity index (χ0) is 21.2. The topological polar surface area (TPSA) is 91.3 Å². The van der Waals surface area contributed by atoms with E-state index in [2.05, 4.69) is 29.5 Å². The Morgan fingerprint density at radius 3 is 2.72 bits per heavy atom. The Hall–Kier alpha value is -1.95. The zero-order valence-corrected chi connectivity index (χ0v) is 18.0. The Balaban J connectivity index is 1.67. The molecule has 6 heteroatoms. The van der Waals surface area contributed by atoms with Gasteiger partial charge in [-0.15, -0.1) is 0 Å². The maximum absolute atomic E-state index is 12.8. The van der Waals surface area contributed by atoms with Gasteiger partial charge in [0.05, 0.1) is 6.10 Å². The number of fused-ring (bicyclic) bond motifs is 1. The first-order valence-electron chi connectivity index (χ1n) is 10.8. The average Bonchev–Trinajstić information content (AvgIpc) is 2.68. The number of rotatable bonds is 5. The van der Waals surface area contributed by atoms with Crippen molar-refractivity contribution in [2.24, 2.45) is 29.1 Å². The molecule has 2 aliphatic carbocycles. The van der Waals surface area contributed by atoms with E-state index in [1.807, 2.05) is 19.1 Å². The normalized spacial score (nSPS) is 35.3. The van der Waals surface area contributed by atoms with Crippen LogP contribution in [0.2, 0.25) is 0 Å². The maximum atomic E-state index is 12.8. The van der Waals surface area contributed by atoms with Crippen molar-refractivity contribution in [1.29, 1.82) is 0 Å². The molecule has 0 saturated heterocycles. The summed E-state index contributed by atoms with van der Waals surface area (Å²) < 4.78 is 0. The van der Waals surface area contributed by atoms with Gasteiger partial charge in [0, 0.05) is 37.8 Å². The lowest BCUT2D eigenvalue weighted by Gasteiger charge is -2.56. The fourth-order valence-corrected chi connectivity index (χ4v) is 5.81. The van der Waals surface area contributed by atoms with Crippen LogP contribution in [0, 0.1) is 29.1 Å². The second-order valence-corrected chi connectivity index (χ2v) is 9.45. The van der Waals surface area contributed by atoms with Gasteiger partial charge in [-0.3, -0.25) is 14.6 Å². The van der Waals surface area contributed by atoms with Crippen LogP contribution in [0.15, 0.2) is 24.5 Å². The SMILES string of the molecule is CC(=O)N[C@H]1CC[C@@]2(C)CC[C@H]([C@H](C)C(=O)NCc3cccnc3)[C@H](O)[C@H]2[C@H]1C. The molecule has 0 unspecified atom stereocenters. The van der Waals surface area contributed by atoms with E-state index >= 15 is 0 Å². The smallest absolute Gasteiger partial charge is 0.223 e. The van der Waals surface area contributed by atoms with Gasteiger partial charge in [-0.25, -0.2) is 0 Å². The van der Waals surface area contributed by atoms with Crippen LogP contribution in [0.4, 0.5) is 0 Å². The number of hydrogen-bond donors (Lipinski definition) is 3. The predicted octanol–water partition coefficient (Wildman–Crippen LogP) is 2.66. The molecule has 29 heavy (non-hydrogen) atoms. The van der Waals surface area contributed by atoms with Gasteiger partial charge in [0.25, 0.3) is 0 Å². The van der Waals surface area contributed by atoms with E-state index in [0.29, 0.717) is 6.54 Å². The molecule has 160 valence electrons. The van der Waals surface area contributed by atoms with Crippen molar-refractivity contribution < 1.29 is 14.7 Å². The molecule has 2 amide bonds. The lowest BCUT2D eigenvalue weighted by molar-refractivity contribution is -0.143. The van der Waals surface area contributed by atoms with Crippen LogP contribution in [-0.4, -0.2) is 34.1 Å². The minimum absolute atomic E-state index is 0.0181. The number of carbonyl (C=O) groups is 2. The molecule has 2 aliphatic rings. The molecule has 3 rings (SSSR count). The molecular formula is C23H35N3O3. The van der Waals surface area contributed by atoms with Crippen molar-refractivity contribution in [1.82, 2.24) is 15.6 Å². The summed E-state index contributed by atoms with van der Waals surface area (Å²) in [6.45, 7) is 8.33. The first-order valence-corrected chi connectivity index (χ1v) is 10.8. The van der Waals surface area contributed by atoms with E-state index in [1.165, 1.54) is 0 Å². The molecule has 0 radical (unpaired) electrons. The Morgan fingerprint density at radius 2 is 2.07 bits per heavy atom. The fourth-order valence-electron chi connectivity index (χ4n) is 5.81. The van der Waals surface area contributed by atoms with Crippen molar-refractivity contribution in [3.63, 3.8) is 0 Å². The zero-order valence-electron chi connectivity index (χ0n) is 18.0. The van der Waals surface area contributed by atoms with Gasteiger partial charge in [-0.1, -0.05) is 26.8 Å². The summed E-state index contributed by atoms with van der Waals surface area (Å²) in [4.78, 5) is 28.5. The lowest BCUT2D eigenvalue weighted by atomic mass is 9.51. The van der Waals surface area contributed by atoms with Gasteiger partial charge in [0.15, 0.2) is 0 Å². The number of aromatic nitrogens is 1. The van der Waals surface area contributed by atoms with Gasteiger partial charge in [0.2, 0.25) is 11.8 Å². The summed E-state index contributed by atoms with van der Waals surface area (Å²) in [5.41, 5.74) is 1.03. The summed E-state index contributed by atoms with van der Waals surface area (Å²) in [5, 5.41) is 17.4. The van der Waals surface area contributed by atoms with Crippen LogP contribution in [0.5, 0.6) is 0 Å². The Labute approximate surface area is 173 Å². The number of aliphatic hydroxyl groups is 1. The highest BCUT2D eigenvalue weighted by Crippen LogP contribution is 2.55. The highest BCUT2D eigenvalue weighted by Gasteiger charge is 2.53. The third kappa shape index (κ3) is 4.63.